The third kappa shape index (κ3) is 3.40. The van der Waals surface area contributed by atoms with Gasteiger partial charge in [-0.3, -0.25) is 0 Å². The van der Waals surface area contributed by atoms with E-state index in [1.807, 2.05) is 30.8 Å². The SMILES string of the molecule is Cc1cccc(CSC(c2ccco2)C(C)N)c1. The van der Waals surface area contributed by atoms with Crippen LogP contribution in [0.4, 0.5) is 0 Å². The van der Waals surface area contributed by atoms with Crippen molar-refractivity contribution in [1.82, 2.24) is 0 Å². The molecule has 0 aliphatic carbocycles. The van der Waals surface area contributed by atoms with Crippen molar-refractivity contribution in [3.05, 3.63) is 59.5 Å². The smallest absolute Gasteiger partial charge is 0.118 e. The lowest BCUT2D eigenvalue weighted by Crippen LogP contribution is -2.22. The van der Waals surface area contributed by atoms with Gasteiger partial charge in [-0.2, -0.15) is 0 Å². The fourth-order valence-corrected chi connectivity index (χ4v) is 3.09. The second kappa shape index (κ2) is 6.12. The predicted molar refractivity (Wildman–Crippen MR) is 77.6 cm³/mol. The molecule has 2 aromatic rings. The van der Waals surface area contributed by atoms with Gasteiger partial charge in [-0.25, -0.2) is 0 Å². The zero-order valence-electron chi connectivity index (χ0n) is 10.8. The maximum atomic E-state index is 6.04. The van der Waals surface area contributed by atoms with Crippen molar-refractivity contribution in [3.8, 4) is 0 Å². The molecule has 18 heavy (non-hydrogen) atoms. The summed E-state index contributed by atoms with van der Waals surface area (Å²) in [5.74, 6) is 1.91. The van der Waals surface area contributed by atoms with E-state index in [-0.39, 0.29) is 11.3 Å². The first-order valence-corrected chi connectivity index (χ1v) is 7.18. The number of nitrogens with two attached hydrogens (primary N) is 1. The zero-order chi connectivity index (χ0) is 13.0. The number of thioether (sulfide) groups is 1. The van der Waals surface area contributed by atoms with Crippen molar-refractivity contribution in [2.75, 3.05) is 0 Å². The fraction of sp³-hybridized carbons (Fsp3) is 0.333. The molecule has 1 heterocycles. The van der Waals surface area contributed by atoms with Gasteiger partial charge in [-0.15, -0.1) is 11.8 Å². The van der Waals surface area contributed by atoms with Crippen molar-refractivity contribution in [1.29, 1.82) is 0 Å². The molecule has 1 aromatic heterocycles. The Kier molecular flexibility index (Phi) is 4.50. The summed E-state index contributed by atoms with van der Waals surface area (Å²) in [5.41, 5.74) is 8.67. The summed E-state index contributed by atoms with van der Waals surface area (Å²) in [7, 11) is 0. The number of benzene rings is 1. The first-order chi connectivity index (χ1) is 8.66. The standard InChI is InChI=1S/C15H19NOS/c1-11-5-3-6-13(9-11)10-18-15(12(2)16)14-7-4-8-17-14/h3-9,12,15H,10,16H2,1-2H3. The number of furan rings is 1. The van der Waals surface area contributed by atoms with E-state index in [1.54, 1.807) is 6.26 Å². The number of hydrogen-bond acceptors (Lipinski definition) is 3. The van der Waals surface area contributed by atoms with Gasteiger partial charge in [0.1, 0.15) is 5.76 Å². The lowest BCUT2D eigenvalue weighted by atomic mass is 10.2. The summed E-state index contributed by atoms with van der Waals surface area (Å²) in [6.07, 6.45) is 1.71. The zero-order valence-corrected chi connectivity index (χ0v) is 11.6. The molecule has 0 amide bonds. The Morgan fingerprint density at radius 1 is 1.28 bits per heavy atom. The van der Waals surface area contributed by atoms with Gasteiger partial charge >= 0.3 is 0 Å². The molecule has 3 heteroatoms. The molecule has 2 unspecified atom stereocenters. The minimum Gasteiger partial charge on any atom is -0.468 e. The molecule has 2 atom stereocenters. The Labute approximate surface area is 113 Å². The number of hydrogen-bond donors (Lipinski definition) is 1. The van der Waals surface area contributed by atoms with Gasteiger partial charge in [0.15, 0.2) is 0 Å². The summed E-state index contributed by atoms with van der Waals surface area (Å²) in [6.45, 7) is 4.14. The van der Waals surface area contributed by atoms with Gasteiger partial charge in [0.2, 0.25) is 0 Å². The van der Waals surface area contributed by atoms with E-state index in [9.17, 15) is 0 Å². The highest BCUT2D eigenvalue weighted by atomic mass is 32.2. The molecule has 2 N–H and O–H groups in total. The lowest BCUT2D eigenvalue weighted by Gasteiger charge is -2.18. The van der Waals surface area contributed by atoms with E-state index in [4.69, 9.17) is 10.2 Å². The number of rotatable bonds is 5. The van der Waals surface area contributed by atoms with Crippen LogP contribution in [0.3, 0.4) is 0 Å². The van der Waals surface area contributed by atoms with Crippen molar-refractivity contribution >= 4 is 11.8 Å². The minimum absolute atomic E-state index is 0.0750. The molecule has 0 aliphatic heterocycles. The van der Waals surface area contributed by atoms with Gasteiger partial charge < -0.3 is 10.2 Å². The Morgan fingerprint density at radius 3 is 2.72 bits per heavy atom. The summed E-state index contributed by atoms with van der Waals surface area (Å²) >= 11 is 1.83. The van der Waals surface area contributed by atoms with Crippen LogP contribution in [-0.2, 0) is 5.75 Å². The van der Waals surface area contributed by atoms with Crippen LogP contribution >= 0.6 is 11.8 Å². The largest absolute Gasteiger partial charge is 0.468 e. The van der Waals surface area contributed by atoms with Gasteiger partial charge in [-0.05, 0) is 31.5 Å². The van der Waals surface area contributed by atoms with Crippen LogP contribution in [0, 0.1) is 6.92 Å². The summed E-state index contributed by atoms with van der Waals surface area (Å²) in [4.78, 5) is 0. The first kappa shape index (κ1) is 13.2. The number of aryl methyl sites for hydroxylation is 1. The summed E-state index contributed by atoms with van der Waals surface area (Å²) in [5, 5.41) is 0.209. The van der Waals surface area contributed by atoms with Gasteiger partial charge in [0, 0.05) is 11.8 Å². The van der Waals surface area contributed by atoms with Crippen LogP contribution in [0.5, 0.6) is 0 Å². The summed E-state index contributed by atoms with van der Waals surface area (Å²) < 4.78 is 5.47. The minimum atomic E-state index is 0.0750. The second-order valence-corrected chi connectivity index (χ2v) is 5.73. The first-order valence-electron chi connectivity index (χ1n) is 6.13. The third-order valence-corrected chi connectivity index (χ3v) is 4.33. The van der Waals surface area contributed by atoms with Crippen molar-refractivity contribution in [2.45, 2.75) is 30.9 Å². The van der Waals surface area contributed by atoms with E-state index >= 15 is 0 Å². The van der Waals surface area contributed by atoms with E-state index in [0.29, 0.717) is 0 Å². The third-order valence-electron chi connectivity index (χ3n) is 2.81. The Morgan fingerprint density at radius 2 is 2.11 bits per heavy atom. The van der Waals surface area contributed by atoms with Gasteiger partial charge in [-0.1, -0.05) is 29.8 Å². The Hall–Kier alpha value is -1.19. The van der Waals surface area contributed by atoms with Crippen molar-refractivity contribution in [2.24, 2.45) is 5.73 Å². The summed E-state index contributed by atoms with van der Waals surface area (Å²) in [6, 6.07) is 12.6. The topological polar surface area (TPSA) is 39.2 Å². The molecule has 0 fully saturated rings. The average molecular weight is 261 g/mol. The molecular weight excluding hydrogens is 242 g/mol. The highest BCUT2D eigenvalue weighted by Crippen LogP contribution is 2.34. The van der Waals surface area contributed by atoms with Crippen LogP contribution in [-0.4, -0.2) is 6.04 Å². The molecule has 96 valence electrons. The molecule has 0 spiro atoms. The van der Waals surface area contributed by atoms with Crippen LogP contribution in [0.2, 0.25) is 0 Å². The predicted octanol–water partition coefficient (Wildman–Crippen LogP) is 3.91. The molecule has 0 aliphatic rings. The van der Waals surface area contributed by atoms with Crippen molar-refractivity contribution < 1.29 is 4.42 Å². The highest BCUT2D eigenvalue weighted by molar-refractivity contribution is 7.98. The lowest BCUT2D eigenvalue weighted by molar-refractivity contribution is 0.486. The highest BCUT2D eigenvalue weighted by Gasteiger charge is 2.19. The monoisotopic (exact) mass is 261 g/mol. The Balaban J connectivity index is 2.03. The maximum absolute atomic E-state index is 6.04. The average Bonchev–Trinajstić information content (AvgIpc) is 2.82. The molecular formula is C15H19NOS. The molecule has 2 nitrogen and oxygen atoms in total. The van der Waals surface area contributed by atoms with E-state index in [1.165, 1.54) is 11.1 Å². The molecule has 1 aromatic carbocycles. The fourth-order valence-electron chi connectivity index (χ4n) is 1.93. The quantitative estimate of drug-likeness (QED) is 0.887. The van der Waals surface area contributed by atoms with E-state index in [2.05, 4.69) is 31.2 Å². The second-order valence-electron chi connectivity index (χ2n) is 4.60. The van der Waals surface area contributed by atoms with Crippen LogP contribution in [0.15, 0.2) is 47.1 Å². The Bertz CT molecular complexity index is 479. The molecule has 0 saturated carbocycles. The van der Waals surface area contributed by atoms with E-state index in [0.717, 1.165) is 11.5 Å². The molecule has 0 bridgehead atoms. The van der Waals surface area contributed by atoms with Crippen molar-refractivity contribution in [3.63, 3.8) is 0 Å². The van der Waals surface area contributed by atoms with Crippen LogP contribution in [0.25, 0.3) is 0 Å². The molecule has 2 rings (SSSR count). The van der Waals surface area contributed by atoms with Gasteiger partial charge in [0.05, 0.1) is 11.5 Å². The normalized spacial score (nSPS) is 14.4. The molecule has 0 radical (unpaired) electrons. The van der Waals surface area contributed by atoms with Gasteiger partial charge in [0.25, 0.3) is 0 Å². The maximum Gasteiger partial charge on any atom is 0.118 e. The van der Waals surface area contributed by atoms with E-state index < -0.39 is 0 Å². The van der Waals surface area contributed by atoms with Crippen LogP contribution in [0.1, 0.15) is 29.1 Å². The van der Waals surface area contributed by atoms with Crippen LogP contribution < -0.4 is 5.73 Å². The molecule has 0 saturated heterocycles.